The average Bonchev–Trinajstić information content (AvgIpc) is 2.69. The molecule has 2 N–H and O–H groups in total. The van der Waals surface area contributed by atoms with Crippen LogP contribution in [0.2, 0.25) is 0 Å². The third kappa shape index (κ3) is 5.27. The van der Waals surface area contributed by atoms with Crippen LogP contribution < -0.4 is 0 Å². The SMILES string of the molecule is CCCCC1(CCCC)CCCCC1=C(C(=O)O)C(C(=O)O)=C1CCCCC1. The molecular weight excluding hydrogens is 352 g/mol. The Morgan fingerprint density at radius 3 is 1.82 bits per heavy atom. The second-order valence-electron chi connectivity index (χ2n) is 8.70. The van der Waals surface area contributed by atoms with Crippen molar-refractivity contribution in [3.8, 4) is 0 Å². The molecule has 2 aliphatic rings. The van der Waals surface area contributed by atoms with Crippen LogP contribution in [0.3, 0.4) is 0 Å². The van der Waals surface area contributed by atoms with Gasteiger partial charge in [0.15, 0.2) is 0 Å². The molecule has 4 heteroatoms. The van der Waals surface area contributed by atoms with Gasteiger partial charge in [0.05, 0.1) is 11.1 Å². The van der Waals surface area contributed by atoms with Crippen LogP contribution in [0.1, 0.15) is 110 Å². The Kier molecular flexibility index (Phi) is 8.78. The summed E-state index contributed by atoms with van der Waals surface area (Å²) in [5.41, 5.74) is 1.95. The second kappa shape index (κ2) is 10.8. The molecule has 0 amide bonds. The molecule has 0 aliphatic heterocycles. The lowest BCUT2D eigenvalue weighted by molar-refractivity contribution is -0.136. The van der Waals surface area contributed by atoms with E-state index in [0.29, 0.717) is 0 Å². The highest BCUT2D eigenvalue weighted by atomic mass is 16.4. The van der Waals surface area contributed by atoms with Crippen LogP contribution >= 0.6 is 0 Å². The molecule has 0 radical (unpaired) electrons. The average molecular weight is 391 g/mol. The zero-order valence-electron chi connectivity index (χ0n) is 17.8. The highest BCUT2D eigenvalue weighted by Crippen LogP contribution is 2.51. The summed E-state index contributed by atoms with van der Waals surface area (Å²) in [6, 6.07) is 0. The minimum atomic E-state index is -1.05. The van der Waals surface area contributed by atoms with Gasteiger partial charge in [0.1, 0.15) is 0 Å². The van der Waals surface area contributed by atoms with E-state index in [4.69, 9.17) is 0 Å². The molecule has 2 fully saturated rings. The standard InChI is InChI=1S/C24H38O4/c1-3-5-15-24(16-6-4-2)17-11-10-14-19(24)21(23(27)28)20(22(25)26)18-12-8-7-9-13-18/h3-17H2,1-2H3,(H,25,26)(H,27,28). The van der Waals surface area contributed by atoms with Gasteiger partial charge in [-0.25, -0.2) is 9.59 Å². The Morgan fingerprint density at radius 2 is 1.32 bits per heavy atom. The highest BCUT2D eigenvalue weighted by Gasteiger charge is 2.40. The number of hydrogen-bond acceptors (Lipinski definition) is 2. The van der Waals surface area contributed by atoms with E-state index in [1.54, 1.807) is 0 Å². The monoisotopic (exact) mass is 390 g/mol. The van der Waals surface area contributed by atoms with Gasteiger partial charge in [0.2, 0.25) is 0 Å². The van der Waals surface area contributed by atoms with Crippen LogP contribution in [0.4, 0.5) is 0 Å². The summed E-state index contributed by atoms with van der Waals surface area (Å²) in [5.74, 6) is -2.09. The molecule has 2 aliphatic carbocycles. The molecule has 158 valence electrons. The minimum absolute atomic E-state index is 0.126. The normalized spacial score (nSPS) is 21.3. The quantitative estimate of drug-likeness (QED) is 0.432. The Morgan fingerprint density at radius 1 is 0.786 bits per heavy atom. The van der Waals surface area contributed by atoms with Crippen molar-refractivity contribution in [1.82, 2.24) is 0 Å². The number of carboxylic acid groups (broad SMARTS) is 2. The topological polar surface area (TPSA) is 74.6 Å². The zero-order valence-corrected chi connectivity index (χ0v) is 17.8. The summed E-state index contributed by atoms with van der Waals surface area (Å²) in [7, 11) is 0. The van der Waals surface area contributed by atoms with Crippen LogP contribution in [0.5, 0.6) is 0 Å². The van der Waals surface area contributed by atoms with E-state index >= 15 is 0 Å². The summed E-state index contributed by atoms with van der Waals surface area (Å²) >= 11 is 0. The number of hydrogen-bond donors (Lipinski definition) is 2. The van der Waals surface area contributed by atoms with Gasteiger partial charge in [0, 0.05) is 0 Å². The van der Waals surface area contributed by atoms with Crippen LogP contribution in [-0.4, -0.2) is 22.2 Å². The van der Waals surface area contributed by atoms with Crippen molar-refractivity contribution in [3.05, 3.63) is 22.3 Å². The van der Waals surface area contributed by atoms with E-state index < -0.39 is 11.9 Å². The van der Waals surface area contributed by atoms with E-state index in [9.17, 15) is 19.8 Å². The van der Waals surface area contributed by atoms with Crippen molar-refractivity contribution in [2.45, 2.75) is 110 Å². The second-order valence-corrected chi connectivity index (χ2v) is 8.70. The molecule has 28 heavy (non-hydrogen) atoms. The van der Waals surface area contributed by atoms with Crippen LogP contribution in [-0.2, 0) is 9.59 Å². The lowest BCUT2D eigenvalue weighted by Crippen LogP contribution is -2.31. The molecule has 0 aromatic rings. The number of aliphatic carboxylic acids is 2. The lowest BCUT2D eigenvalue weighted by atomic mass is 9.62. The minimum Gasteiger partial charge on any atom is -0.478 e. The Balaban J connectivity index is 2.66. The first-order valence-corrected chi connectivity index (χ1v) is 11.4. The molecule has 0 unspecified atom stereocenters. The number of allylic oxidation sites excluding steroid dienone is 2. The molecule has 0 saturated heterocycles. The first-order chi connectivity index (χ1) is 13.5. The lowest BCUT2D eigenvalue weighted by Gasteiger charge is -2.42. The predicted octanol–water partition coefficient (Wildman–Crippen LogP) is 6.65. The van der Waals surface area contributed by atoms with Gasteiger partial charge in [-0.2, -0.15) is 0 Å². The Hall–Kier alpha value is -1.58. The summed E-state index contributed by atoms with van der Waals surface area (Å²) < 4.78 is 0. The van der Waals surface area contributed by atoms with E-state index in [1.165, 1.54) is 0 Å². The van der Waals surface area contributed by atoms with Gasteiger partial charge < -0.3 is 10.2 Å². The molecule has 0 atom stereocenters. The van der Waals surface area contributed by atoms with E-state index in [0.717, 1.165) is 107 Å². The molecule has 0 aromatic heterocycles. The number of carboxylic acids is 2. The summed E-state index contributed by atoms with van der Waals surface area (Å²) in [5, 5.41) is 20.2. The van der Waals surface area contributed by atoms with Gasteiger partial charge in [-0.15, -0.1) is 0 Å². The highest BCUT2D eigenvalue weighted by molar-refractivity contribution is 6.07. The smallest absolute Gasteiger partial charge is 0.336 e. The van der Waals surface area contributed by atoms with Gasteiger partial charge in [-0.3, -0.25) is 0 Å². The molecular formula is C24H38O4. The summed E-state index contributed by atoms with van der Waals surface area (Å²) in [4.78, 5) is 24.7. The van der Waals surface area contributed by atoms with Crippen molar-refractivity contribution in [2.24, 2.45) is 5.41 Å². The van der Waals surface area contributed by atoms with Crippen molar-refractivity contribution in [2.75, 3.05) is 0 Å². The van der Waals surface area contributed by atoms with Crippen molar-refractivity contribution >= 4 is 11.9 Å². The van der Waals surface area contributed by atoms with Gasteiger partial charge in [-0.1, -0.05) is 57.9 Å². The van der Waals surface area contributed by atoms with Crippen LogP contribution in [0, 0.1) is 5.41 Å². The van der Waals surface area contributed by atoms with Crippen LogP contribution in [0.15, 0.2) is 22.3 Å². The van der Waals surface area contributed by atoms with Gasteiger partial charge >= 0.3 is 11.9 Å². The zero-order chi connectivity index (χ0) is 20.6. The maximum atomic E-state index is 12.5. The van der Waals surface area contributed by atoms with Gasteiger partial charge in [-0.05, 0) is 68.8 Å². The summed E-state index contributed by atoms with van der Waals surface area (Å²) in [6.45, 7) is 4.34. The first-order valence-electron chi connectivity index (χ1n) is 11.4. The number of unbranched alkanes of at least 4 members (excludes halogenated alkanes) is 2. The van der Waals surface area contributed by atoms with Gasteiger partial charge in [0.25, 0.3) is 0 Å². The third-order valence-electron chi connectivity index (χ3n) is 6.78. The van der Waals surface area contributed by atoms with E-state index in [-0.39, 0.29) is 16.6 Å². The largest absolute Gasteiger partial charge is 0.478 e. The first kappa shape index (κ1) is 22.7. The molecule has 0 aromatic carbocycles. The molecule has 4 nitrogen and oxygen atoms in total. The Bertz CT molecular complexity index is 611. The van der Waals surface area contributed by atoms with Crippen molar-refractivity contribution < 1.29 is 19.8 Å². The van der Waals surface area contributed by atoms with Crippen molar-refractivity contribution in [1.29, 1.82) is 0 Å². The van der Waals surface area contributed by atoms with E-state index in [1.807, 2.05) is 0 Å². The molecule has 0 heterocycles. The molecule has 0 spiro atoms. The van der Waals surface area contributed by atoms with E-state index in [2.05, 4.69) is 13.8 Å². The Labute approximate surface area is 170 Å². The molecule has 2 rings (SSSR count). The van der Waals surface area contributed by atoms with Crippen molar-refractivity contribution in [3.63, 3.8) is 0 Å². The third-order valence-corrected chi connectivity index (χ3v) is 6.78. The van der Waals surface area contributed by atoms with Crippen LogP contribution in [0.25, 0.3) is 0 Å². The maximum Gasteiger partial charge on any atom is 0.336 e. The maximum absolute atomic E-state index is 12.5. The number of rotatable bonds is 9. The molecule has 0 bridgehead atoms. The molecule has 2 saturated carbocycles. The number of carbonyl (C=O) groups is 2. The fraction of sp³-hybridized carbons (Fsp3) is 0.750. The summed E-state index contributed by atoms with van der Waals surface area (Å²) in [6.07, 6.45) is 14.6. The predicted molar refractivity (Wildman–Crippen MR) is 112 cm³/mol. The fourth-order valence-electron chi connectivity index (χ4n) is 5.33. The fourth-order valence-corrected chi connectivity index (χ4v) is 5.33.